The molecule has 0 saturated heterocycles. The average Bonchev–Trinajstić information content (AvgIpc) is 2.89. The fourth-order valence-electron chi connectivity index (χ4n) is 4.68. The monoisotopic (exact) mass is 522 g/mol. The Bertz CT molecular complexity index is 1230. The summed E-state index contributed by atoms with van der Waals surface area (Å²) in [5, 5.41) is 1.13. The molecule has 0 aliphatic heterocycles. The van der Waals surface area contributed by atoms with Gasteiger partial charge in [0.15, 0.2) is 0 Å². The van der Waals surface area contributed by atoms with Crippen LogP contribution in [-0.4, -0.2) is 31.8 Å². The quantitative estimate of drug-likeness (QED) is 0.118. The molecular formula is C31H42N2O3S. The lowest BCUT2D eigenvalue weighted by Crippen LogP contribution is -2.38. The smallest absolute Gasteiger partial charge is 0.212 e. The molecule has 0 saturated carbocycles. The normalized spacial score (nSPS) is 12.0. The zero-order chi connectivity index (χ0) is 26.5. The molecule has 0 bridgehead atoms. The zero-order valence-corrected chi connectivity index (χ0v) is 23.3. The number of unbranched alkanes of at least 4 members (excludes halogenated alkanes) is 5. The first-order valence-corrected chi connectivity index (χ1v) is 15.4. The van der Waals surface area contributed by atoms with Crippen molar-refractivity contribution in [2.24, 2.45) is 0 Å². The van der Waals surface area contributed by atoms with Crippen LogP contribution in [0, 0.1) is 0 Å². The summed E-state index contributed by atoms with van der Waals surface area (Å²) < 4.78 is 35.2. The number of nitrogens with zero attached hydrogens (tertiary/aromatic N) is 2. The van der Waals surface area contributed by atoms with Crippen LogP contribution in [-0.2, 0) is 16.7 Å². The fraction of sp³-hybridized carbons (Fsp3) is 0.452. The number of pyridine rings is 1. The van der Waals surface area contributed by atoms with Gasteiger partial charge in [0.05, 0.1) is 10.1 Å². The molecule has 1 aromatic heterocycles. The second-order valence-corrected chi connectivity index (χ2v) is 11.3. The van der Waals surface area contributed by atoms with Gasteiger partial charge >= 0.3 is 0 Å². The topological polar surface area (TPSA) is 64.3 Å². The maximum absolute atomic E-state index is 11.0. The second-order valence-electron chi connectivity index (χ2n) is 9.76. The van der Waals surface area contributed by atoms with Crippen LogP contribution in [0.25, 0.3) is 23.1 Å². The maximum Gasteiger partial charge on any atom is 0.212 e. The third kappa shape index (κ3) is 9.60. The molecular weight excluding hydrogens is 480 g/mol. The summed E-state index contributed by atoms with van der Waals surface area (Å²) in [5.41, 5.74) is 4.58. The molecule has 0 amide bonds. The lowest BCUT2D eigenvalue weighted by Gasteiger charge is -2.25. The molecule has 3 aromatic rings. The van der Waals surface area contributed by atoms with Crippen molar-refractivity contribution in [3.05, 3.63) is 71.9 Å². The van der Waals surface area contributed by atoms with Crippen LogP contribution in [0.15, 0.2) is 60.7 Å². The highest BCUT2D eigenvalue weighted by Gasteiger charge is 2.14. The molecule has 6 heteroatoms. The molecule has 1 heterocycles. The Morgan fingerprint density at radius 2 is 1.46 bits per heavy atom. The minimum atomic E-state index is -4.18. The second kappa shape index (κ2) is 14.9. The summed E-state index contributed by atoms with van der Waals surface area (Å²) in [4.78, 5) is 2.53. The number of aryl methyl sites for hydroxylation is 1. The van der Waals surface area contributed by atoms with Gasteiger partial charge in [0.2, 0.25) is 11.2 Å². The van der Waals surface area contributed by atoms with Crippen LogP contribution >= 0.6 is 0 Å². The minimum Gasteiger partial charge on any atom is -0.748 e. The van der Waals surface area contributed by atoms with Crippen LogP contribution < -0.4 is 9.47 Å². The van der Waals surface area contributed by atoms with E-state index in [9.17, 15) is 13.0 Å². The number of hydrogen-bond acceptors (Lipinski definition) is 4. The summed E-state index contributed by atoms with van der Waals surface area (Å²) in [5.74, 6) is -0.316. The lowest BCUT2D eigenvalue weighted by molar-refractivity contribution is -0.673. The third-order valence-electron chi connectivity index (χ3n) is 6.77. The van der Waals surface area contributed by atoms with Crippen LogP contribution in [0.4, 0.5) is 5.69 Å². The summed E-state index contributed by atoms with van der Waals surface area (Å²) in [7, 11) is -4.18. The average molecular weight is 523 g/mol. The van der Waals surface area contributed by atoms with E-state index in [1.165, 1.54) is 44.2 Å². The first-order chi connectivity index (χ1) is 17.9. The lowest BCUT2D eigenvalue weighted by atomic mass is 10.1. The highest BCUT2D eigenvalue weighted by Crippen LogP contribution is 2.19. The zero-order valence-electron chi connectivity index (χ0n) is 22.4. The number of anilines is 1. The Balaban J connectivity index is 1.76. The van der Waals surface area contributed by atoms with Crippen LogP contribution in [0.3, 0.4) is 0 Å². The molecule has 0 atom stereocenters. The molecule has 0 spiro atoms. The standard InChI is InChI=1S/C31H42N2O3S/c1-3-5-9-23-32(24-10-6-4-2)29-19-15-27(16-20-29)17-21-30-22-18-28-13-7-8-14-31(28)33(30)25-11-12-26-37(34,35)36/h7-8,13-22H,3-6,9-12,23-26H2,1-2H3. The summed E-state index contributed by atoms with van der Waals surface area (Å²) in [6.07, 6.45) is 12.7. The van der Waals surface area contributed by atoms with Crippen molar-refractivity contribution in [2.75, 3.05) is 23.7 Å². The van der Waals surface area contributed by atoms with Gasteiger partial charge in [0, 0.05) is 54.5 Å². The highest BCUT2D eigenvalue weighted by molar-refractivity contribution is 7.85. The number of fused-ring (bicyclic) bond motifs is 1. The van der Waals surface area contributed by atoms with E-state index >= 15 is 0 Å². The van der Waals surface area contributed by atoms with Gasteiger partial charge in [-0.2, -0.15) is 4.57 Å². The SMILES string of the molecule is CCCCCN(CCCCC)c1ccc(C=Cc2ccc3ccccc3[n+]2CCCCS(=O)(=O)[O-])cc1. The van der Waals surface area contributed by atoms with Crippen molar-refractivity contribution in [1.29, 1.82) is 0 Å². The molecule has 0 fully saturated rings. The van der Waals surface area contributed by atoms with Gasteiger partial charge in [-0.1, -0.05) is 63.8 Å². The first-order valence-electron chi connectivity index (χ1n) is 13.8. The van der Waals surface area contributed by atoms with E-state index in [1.807, 2.05) is 12.1 Å². The third-order valence-corrected chi connectivity index (χ3v) is 7.56. The summed E-state index contributed by atoms with van der Waals surface area (Å²) >= 11 is 0. The summed E-state index contributed by atoms with van der Waals surface area (Å²) in [6, 6.07) is 21.2. The number of hydrogen-bond donors (Lipinski definition) is 0. The predicted octanol–water partition coefficient (Wildman–Crippen LogP) is 6.81. The highest BCUT2D eigenvalue weighted by atomic mass is 32.2. The number of benzene rings is 2. The van der Waals surface area contributed by atoms with Crippen molar-refractivity contribution >= 4 is 38.9 Å². The largest absolute Gasteiger partial charge is 0.748 e. The first kappa shape index (κ1) is 28.9. The van der Waals surface area contributed by atoms with E-state index < -0.39 is 10.1 Å². The van der Waals surface area contributed by atoms with Crippen molar-refractivity contribution in [3.8, 4) is 0 Å². The van der Waals surface area contributed by atoms with Gasteiger partial charge in [-0.05, 0) is 55.2 Å². The molecule has 2 aromatic carbocycles. The van der Waals surface area contributed by atoms with Crippen molar-refractivity contribution < 1.29 is 17.5 Å². The van der Waals surface area contributed by atoms with Crippen molar-refractivity contribution in [2.45, 2.75) is 71.8 Å². The maximum atomic E-state index is 11.0. The van der Waals surface area contributed by atoms with Crippen LogP contribution in [0.5, 0.6) is 0 Å². The van der Waals surface area contributed by atoms with E-state index in [2.05, 4.69) is 84.0 Å². The van der Waals surface area contributed by atoms with E-state index in [4.69, 9.17) is 0 Å². The van der Waals surface area contributed by atoms with E-state index in [-0.39, 0.29) is 5.75 Å². The molecule has 0 N–H and O–H groups in total. The number of aromatic nitrogens is 1. The molecule has 5 nitrogen and oxygen atoms in total. The van der Waals surface area contributed by atoms with E-state index in [1.54, 1.807) is 0 Å². The fourth-order valence-corrected chi connectivity index (χ4v) is 5.23. The van der Waals surface area contributed by atoms with Crippen molar-refractivity contribution in [1.82, 2.24) is 0 Å². The Morgan fingerprint density at radius 1 is 0.784 bits per heavy atom. The van der Waals surface area contributed by atoms with Gasteiger partial charge in [-0.15, -0.1) is 0 Å². The molecule has 0 radical (unpaired) electrons. The molecule has 0 unspecified atom stereocenters. The Labute approximate surface area is 223 Å². The molecule has 0 aliphatic carbocycles. The van der Waals surface area contributed by atoms with Gasteiger partial charge in [0.1, 0.15) is 6.54 Å². The van der Waals surface area contributed by atoms with Crippen molar-refractivity contribution in [3.63, 3.8) is 0 Å². The van der Waals surface area contributed by atoms with Gasteiger partial charge < -0.3 is 9.45 Å². The minimum absolute atomic E-state index is 0.316. The van der Waals surface area contributed by atoms with Gasteiger partial charge in [-0.3, -0.25) is 0 Å². The van der Waals surface area contributed by atoms with Gasteiger partial charge in [0.25, 0.3) is 0 Å². The molecule has 0 aliphatic rings. The predicted molar refractivity (Wildman–Crippen MR) is 155 cm³/mol. The number of rotatable bonds is 16. The summed E-state index contributed by atoms with van der Waals surface area (Å²) in [6.45, 7) is 7.37. The van der Waals surface area contributed by atoms with Gasteiger partial charge in [-0.25, -0.2) is 8.42 Å². The van der Waals surface area contributed by atoms with E-state index in [0.717, 1.165) is 35.2 Å². The molecule has 37 heavy (non-hydrogen) atoms. The Hall–Kier alpha value is -2.70. The number of para-hydroxylation sites is 1. The van der Waals surface area contributed by atoms with Crippen LogP contribution in [0.2, 0.25) is 0 Å². The van der Waals surface area contributed by atoms with Crippen LogP contribution in [0.1, 0.15) is 76.5 Å². The Morgan fingerprint density at radius 3 is 2.11 bits per heavy atom. The Kier molecular flexibility index (Phi) is 11.6. The molecule has 200 valence electrons. The molecule has 3 rings (SSSR count). The van der Waals surface area contributed by atoms with E-state index in [0.29, 0.717) is 19.4 Å².